The van der Waals surface area contributed by atoms with Crippen molar-refractivity contribution in [2.45, 2.75) is 37.5 Å². The topological polar surface area (TPSA) is 145 Å². The molecule has 1 aliphatic rings. The summed E-state index contributed by atoms with van der Waals surface area (Å²) in [6.07, 6.45) is 0.848. The van der Waals surface area contributed by atoms with Gasteiger partial charge in [-0.1, -0.05) is 22.9 Å². The highest BCUT2D eigenvalue weighted by atomic mass is 32.2. The van der Waals surface area contributed by atoms with E-state index < -0.39 is 22.2 Å². The molecule has 2 atom stereocenters. The average Bonchev–Trinajstić information content (AvgIpc) is 3.31. The number of methoxy groups -OCH3 is 1. The van der Waals surface area contributed by atoms with Gasteiger partial charge in [-0.05, 0) is 32.0 Å². The predicted octanol–water partition coefficient (Wildman–Crippen LogP) is 1.33. The van der Waals surface area contributed by atoms with Crippen LogP contribution in [0.15, 0.2) is 41.4 Å². The van der Waals surface area contributed by atoms with Crippen LogP contribution < -0.4 is 0 Å². The lowest BCUT2D eigenvalue weighted by atomic mass is 10.2. The van der Waals surface area contributed by atoms with E-state index in [1.54, 1.807) is 29.9 Å². The molecule has 35 heavy (non-hydrogen) atoms. The molecule has 0 unspecified atom stereocenters. The van der Waals surface area contributed by atoms with Gasteiger partial charge in [0.2, 0.25) is 0 Å². The summed E-state index contributed by atoms with van der Waals surface area (Å²) in [6, 6.07) is 7.92. The van der Waals surface area contributed by atoms with E-state index in [1.807, 2.05) is 6.92 Å². The second-order valence-electron chi connectivity index (χ2n) is 7.97. The van der Waals surface area contributed by atoms with Crippen molar-refractivity contribution in [3.63, 3.8) is 0 Å². The second kappa shape index (κ2) is 10.6. The summed E-state index contributed by atoms with van der Waals surface area (Å²) in [5.41, 5.74) is 1.99. The van der Waals surface area contributed by atoms with E-state index in [2.05, 4.69) is 20.3 Å². The molecule has 0 amide bonds. The van der Waals surface area contributed by atoms with Crippen LogP contribution >= 0.6 is 0 Å². The van der Waals surface area contributed by atoms with E-state index in [1.165, 1.54) is 25.3 Å². The molecule has 13 heteroatoms. The fourth-order valence-electron chi connectivity index (χ4n) is 3.34. The monoisotopic (exact) mass is 503 g/mol. The van der Waals surface area contributed by atoms with Gasteiger partial charge in [0, 0.05) is 0 Å². The van der Waals surface area contributed by atoms with Gasteiger partial charge in [0.1, 0.15) is 23.7 Å². The summed E-state index contributed by atoms with van der Waals surface area (Å²) in [5, 5.41) is 8.20. The van der Waals surface area contributed by atoms with Crippen LogP contribution in [0, 0.1) is 13.8 Å². The van der Waals surface area contributed by atoms with Crippen molar-refractivity contribution in [1.82, 2.24) is 25.0 Å². The van der Waals surface area contributed by atoms with Crippen molar-refractivity contribution in [2.24, 2.45) is 0 Å². The first-order valence-corrected chi connectivity index (χ1v) is 12.2. The number of aryl methyl sites for hydroxylation is 2. The molecule has 0 radical (unpaired) electrons. The zero-order chi connectivity index (χ0) is 25.0. The Balaban J connectivity index is 1.30. The number of carbonyl (C=O) groups is 1. The van der Waals surface area contributed by atoms with Crippen molar-refractivity contribution in [3.8, 4) is 11.4 Å². The van der Waals surface area contributed by atoms with Crippen molar-refractivity contribution in [2.75, 3.05) is 26.9 Å². The Bertz CT molecular complexity index is 1290. The number of benzene rings is 1. The second-order valence-corrected chi connectivity index (χ2v) is 9.58. The minimum absolute atomic E-state index is 0.0947. The maximum Gasteiger partial charge on any atom is 0.356 e. The van der Waals surface area contributed by atoms with Gasteiger partial charge in [-0.3, -0.25) is 4.18 Å². The van der Waals surface area contributed by atoms with E-state index in [0.717, 1.165) is 5.56 Å². The number of hydrogen-bond donors (Lipinski definition) is 0. The highest BCUT2D eigenvalue weighted by molar-refractivity contribution is 7.86. The maximum atomic E-state index is 12.3. The quantitative estimate of drug-likeness (QED) is 0.324. The van der Waals surface area contributed by atoms with Gasteiger partial charge in [-0.15, -0.1) is 5.10 Å². The van der Waals surface area contributed by atoms with Crippen LogP contribution in [-0.4, -0.2) is 78.5 Å². The molecular formula is C22H25N5O7S. The molecule has 4 rings (SSSR count). The van der Waals surface area contributed by atoms with E-state index in [-0.39, 0.29) is 36.5 Å². The van der Waals surface area contributed by atoms with Crippen LogP contribution in [0.3, 0.4) is 0 Å². The Morgan fingerprint density at radius 1 is 1.09 bits per heavy atom. The first-order chi connectivity index (χ1) is 16.7. The largest absolute Gasteiger partial charge is 0.464 e. The molecule has 3 aromatic rings. The fraction of sp³-hybridized carbons (Fsp3) is 0.409. The van der Waals surface area contributed by atoms with Crippen LogP contribution in [-0.2, 0) is 35.1 Å². The highest BCUT2D eigenvalue weighted by Gasteiger charge is 2.26. The molecule has 1 aromatic carbocycles. The zero-order valence-corrected chi connectivity index (χ0v) is 20.3. The lowest BCUT2D eigenvalue weighted by molar-refractivity contribution is -0.146. The molecule has 0 N–H and O–H groups in total. The third kappa shape index (κ3) is 6.25. The van der Waals surface area contributed by atoms with Crippen LogP contribution in [0.2, 0.25) is 0 Å². The highest BCUT2D eigenvalue weighted by Crippen LogP contribution is 2.18. The summed E-state index contributed by atoms with van der Waals surface area (Å²) in [5.74, 6) is -0.166. The summed E-state index contributed by atoms with van der Waals surface area (Å²) in [4.78, 5) is 20.3. The van der Waals surface area contributed by atoms with Crippen molar-refractivity contribution in [3.05, 3.63) is 53.6 Å². The van der Waals surface area contributed by atoms with Gasteiger partial charge in [0.25, 0.3) is 10.1 Å². The Labute approximate surface area is 202 Å². The van der Waals surface area contributed by atoms with Crippen molar-refractivity contribution < 1.29 is 31.6 Å². The molecule has 186 valence electrons. The smallest absolute Gasteiger partial charge is 0.356 e. The summed E-state index contributed by atoms with van der Waals surface area (Å²) < 4.78 is 47.6. The number of esters is 1. The van der Waals surface area contributed by atoms with Crippen LogP contribution in [0.1, 0.15) is 21.9 Å². The van der Waals surface area contributed by atoms with Gasteiger partial charge in [-0.25, -0.2) is 19.4 Å². The molecule has 12 nitrogen and oxygen atoms in total. The average molecular weight is 504 g/mol. The number of aromatic nitrogens is 5. The van der Waals surface area contributed by atoms with Gasteiger partial charge in [-0.2, -0.15) is 8.42 Å². The molecule has 1 fully saturated rings. The molecule has 2 aromatic heterocycles. The number of hydrogen-bond acceptors (Lipinski definition) is 11. The van der Waals surface area contributed by atoms with Gasteiger partial charge < -0.3 is 14.2 Å². The lowest BCUT2D eigenvalue weighted by Crippen LogP contribution is -2.40. The Hall–Kier alpha value is -3.26. The molecular weight excluding hydrogens is 478 g/mol. The van der Waals surface area contributed by atoms with Crippen LogP contribution in [0.25, 0.3) is 11.4 Å². The van der Waals surface area contributed by atoms with E-state index >= 15 is 0 Å². The van der Waals surface area contributed by atoms with E-state index in [9.17, 15) is 13.2 Å². The minimum atomic E-state index is -3.87. The molecule has 0 saturated carbocycles. The molecule has 1 saturated heterocycles. The van der Waals surface area contributed by atoms with Gasteiger partial charge >= 0.3 is 5.97 Å². The first-order valence-electron chi connectivity index (χ1n) is 10.8. The number of carbonyl (C=O) groups excluding carboxylic acids is 1. The number of rotatable bonds is 8. The van der Waals surface area contributed by atoms with E-state index in [4.69, 9.17) is 18.4 Å². The predicted molar refractivity (Wildman–Crippen MR) is 121 cm³/mol. The summed E-state index contributed by atoms with van der Waals surface area (Å²) in [6.45, 7) is 4.15. The Kier molecular flexibility index (Phi) is 7.50. The number of nitrogens with zero attached hydrogens (tertiary/aromatic N) is 5. The standard InChI is InChI=1S/C22H25N5O7S/c1-14-4-6-18(7-5-14)35(29,30)34-13-17-12-32-16(11-33-17)9-27-10-21(25-26-27)19-8-20(22(28)31-3)24-15(2)23-19/h4-8,10,16-17H,9,11-13H2,1-3H3/t16-,17-/m0/s1. The van der Waals surface area contributed by atoms with Gasteiger partial charge in [0.15, 0.2) is 5.69 Å². The third-order valence-electron chi connectivity index (χ3n) is 5.18. The van der Waals surface area contributed by atoms with Crippen molar-refractivity contribution >= 4 is 16.1 Å². The SMILES string of the molecule is COC(=O)c1cc(-c2cn(C[C@H]3CO[C@H](COS(=O)(=O)c4ccc(C)cc4)CO3)nn2)nc(C)n1. The normalized spacial score (nSPS) is 18.4. The van der Waals surface area contributed by atoms with Crippen LogP contribution in [0.4, 0.5) is 0 Å². The molecule has 1 aliphatic heterocycles. The minimum Gasteiger partial charge on any atom is -0.464 e. The fourth-order valence-corrected chi connectivity index (χ4v) is 4.28. The van der Waals surface area contributed by atoms with E-state index in [0.29, 0.717) is 23.8 Å². The maximum absolute atomic E-state index is 12.3. The Morgan fingerprint density at radius 3 is 2.49 bits per heavy atom. The van der Waals surface area contributed by atoms with Gasteiger partial charge in [0.05, 0.1) is 50.3 Å². The van der Waals surface area contributed by atoms with Crippen LogP contribution in [0.5, 0.6) is 0 Å². The van der Waals surface area contributed by atoms with Crippen molar-refractivity contribution in [1.29, 1.82) is 0 Å². The first kappa shape index (κ1) is 24.9. The Morgan fingerprint density at radius 2 is 1.80 bits per heavy atom. The summed E-state index contributed by atoms with van der Waals surface area (Å²) >= 11 is 0. The zero-order valence-electron chi connectivity index (χ0n) is 19.4. The molecule has 0 spiro atoms. The molecule has 3 heterocycles. The summed E-state index contributed by atoms with van der Waals surface area (Å²) in [7, 11) is -2.59. The number of ether oxygens (including phenoxy) is 3. The lowest BCUT2D eigenvalue weighted by Gasteiger charge is -2.29. The third-order valence-corrected chi connectivity index (χ3v) is 6.47. The molecule has 0 aliphatic carbocycles. The molecule has 0 bridgehead atoms.